The molecular formula is C5H13N3. The van der Waals surface area contributed by atoms with Crippen LogP contribution >= 0.6 is 0 Å². The molecule has 0 bridgehead atoms. The largest absolute Gasteiger partial charge is 0.241 e. The second-order valence-electron chi connectivity index (χ2n) is 2.37. The predicted octanol–water partition coefficient (Wildman–Crippen LogP) is -0.280. The lowest BCUT2D eigenvalue weighted by molar-refractivity contribution is 0.125. The van der Waals surface area contributed by atoms with Crippen LogP contribution in [0.4, 0.5) is 0 Å². The van der Waals surface area contributed by atoms with Crippen molar-refractivity contribution in [3.8, 4) is 0 Å². The van der Waals surface area contributed by atoms with Crippen molar-refractivity contribution in [2.75, 3.05) is 13.6 Å². The van der Waals surface area contributed by atoms with E-state index in [4.69, 9.17) is 0 Å². The van der Waals surface area contributed by atoms with E-state index in [-0.39, 0.29) is 0 Å². The Morgan fingerprint density at radius 3 is 2.75 bits per heavy atom. The fraction of sp³-hybridized carbons (Fsp3) is 1.00. The van der Waals surface area contributed by atoms with Crippen LogP contribution in [-0.2, 0) is 0 Å². The number of nitrogens with zero attached hydrogens (tertiary/aromatic N) is 1. The maximum Gasteiger partial charge on any atom is 0.0210 e. The summed E-state index contributed by atoms with van der Waals surface area (Å²) >= 11 is 0. The number of rotatable bonds is 0. The lowest BCUT2D eigenvalue weighted by Crippen LogP contribution is -2.54. The molecule has 1 saturated heterocycles. The van der Waals surface area contributed by atoms with Gasteiger partial charge in [-0.2, -0.15) is 5.53 Å². The monoisotopic (exact) mass is 115 g/mol. The minimum atomic E-state index is 0.617. The van der Waals surface area contributed by atoms with Crippen molar-refractivity contribution in [2.24, 2.45) is 0 Å². The first-order valence-corrected chi connectivity index (χ1v) is 3.01. The summed E-state index contributed by atoms with van der Waals surface area (Å²) in [7, 11) is 2.03. The Morgan fingerprint density at radius 1 is 1.62 bits per heavy atom. The standard InChI is InChI=1S/C5H13N3/c1-5-3-4-8(2)7-6-5/h5-7H,3-4H2,1-2H3. The minimum absolute atomic E-state index is 0.617. The Bertz CT molecular complexity index is 56.1. The number of hydrogen-bond acceptors (Lipinski definition) is 3. The van der Waals surface area contributed by atoms with Crippen LogP contribution in [0, 0.1) is 0 Å². The summed E-state index contributed by atoms with van der Waals surface area (Å²) in [5.74, 6) is 0. The van der Waals surface area contributed by atoms with Gasteiger partial charge >= 0.3 is 0 Å². The van der Waals surface area contributed by atoms with Crippen LogP contribution in [0.2, 0.25) is 0 Å². The molecule has 0 aromatic heterocycles. The van der Waals surface area contributed by atoms with Crippen molar-refractivity contribution in [3.63, 3.8) is 0 Å². The first-order chi connectivity index (χ1) is 3.79. The molecule has 3 nitrogen and oxygen atoms in total. The van der Waals surface area contributed by atoms with Crippen molar-refractivity contribution in [1.29, 1.82) is 0 Å². The molecule has 1 atom stereocenters. The maximum atomic E-state index is 3.11. The van der Waals surface area contributed by atoms with Gasteiger partial charge in [0.25, 0.3) is 0 Å². The van der Waals surface area contributed by atoms with Crippen LogP contribution in [-0.4, -0.2) is 24.6 Å². The highest BCUT2D eigenvalue weighted by molar-refractivity contribution is 4.62. The molecule has 2 N–H and O–H groups in total. The van der Waals surface area contributed by atoms with Gasteiger partial charge in [-0.15, -0.1) is 0 Å². The lowest BCUT2D eigenvalue weighted by Gasteiger charge is -2.28. The molecule has 1 aliphatic heterocycles. The molecule has 0 radical (unpaired) electrons. The highest BCUT2D eigenvalue weighted by Gasteiger charge is 2.08. The Labute approximate surface area is 50.0 Å². The molecule has 0 aromatic carbocycles. The molecule has 0 amide bonds. The van der Waals surface area contributed by atoms with E-state index in [2.05, 4.69) is 17.9 Å². The van der Waals surface area contributed by atoms with Gasteiger partial charge in [-0.3, -0.25) is 0 Å². The van der Waals surface area contributed by atoms with Crippen molar-refractivity contribution >= 4 is 0 Å². The van der Waals surface area contributed by atoms with Gasteiger partial charge in [0.05, 0.1) is 0 Å². The summed E-state index contributed by atoms with van der Waals surface area (Å²) < 4.78 is 0. The summed E-state index contributed by atoms with van der Waals surface area (Å²) in [6.45, 7) is 3.30. The Balaban J connectivity index is 2.19. The van der Waals surface area contributed by atoms with E-state index in [1.807, 2.05) is 12.1 Å². The highest BCUT2D eigenvalue weighted by Crippen LogP contribution is 1.94. The SMILES string of the molecule is CC1CCN(C)NN1. The topological polar surface area (TPSA) is 27.3 Å². The Hall–Kier alpha value is -0.120. The summed E-state index contributed by atoms with van der Waals surface area (Å²) in [5.41, 5.74) is 6.12. The predicted molar refractivity (Wildman–Crippen MR) is 33.0 cm³/mol. The molecule has 0 spiro atoms. The zero-order valence-electron chi connectivity index (χ0n) is 5.44. The molecular weight excluding hydrogens is 102 g/mol. The van der Waals surface area contributed by atoms with Crippen molar-refractivity contribution in [3.05, 3.63) is 0 Å². The van der Waals surface area contributed by atoms with Crippen LogP contribution in [0.5, 0.6) is 0 Å². The van der Waals surface area contributed by atoms with Crippen LogP contribution < -0.4 is 11.0 Å². The molecule has 0 aliphatic carbocycles. The minimum Gasteiger partial charge on any atom is -0.241 e. The normalized spacial score (nSPS) is 33.0. The molecule has 8 heavy (non-hydrogen) atoms. The highest BCUT2D eigenvalue weighted by atomic mass is 15.7. The Kier molecular flexibility index (Phi) is 1.83. The maximum absolute atomic E-state index is 3.11. The first-order valence-electron chi connectivity index (χ1n) is 3.01. The van der Waals surface area contributed by atoms with Gasteiger partial charge in [-0.05, 0) is 13.3 Å². The third-order valence-corrected chi connectivity index (χ3v) is 1.40. The molecule has 1 heterocycles. The van der Waals surface area contributed by atoms with E-state index in [1.165, 1.54) is 6.42 Å². The quantitative estimate of drug-likeness (QED) is 0.454. The number of nitrogens with one attached hydrogen (secondary N) is 2. The van der Waals surface area contributed by atoms with E-state index < -0.39 is 0 Å². The van der Waals surface area contributed by atoms with Crippen molar-refractivity contribution in [1.82, 2.24) is 16.0 Å². The summed E-state index contributed by atoms with van der Waals surface area (Å²) in [5, 5.41) is 2.04. The van der Waals surface area contributed by atoms with Crippen LogP contribution in [0.15, 0.2) is 0 Å². The van der Waals surface area contributed by atoms with Crippen LogP contribution in [0.3, 0.4) is 0 Å². The van der Waals surface area contributed by atoms with Gasteiger partial charge in [0.15, 0.2) is 0 Å². The number of hydrogen-bond donors (Lipinski definition) is 2. The summed E-state index contributed by atoms with van der Waals surface area (Å²) in [6, 6.07) is 0.617. The van der Waals surface area contributed by atoms with Crippen LogP contribution in [0.1, 0.15) is 13.3 Å². The fourth-order valence-corrected chi connectivity index (χ4v) is 0.736. The molecule has 1 fully saturated rings. The van der Waals surface area contributed by atoms with Gasteiger partial charge in [0.2, 0.25) is 0 Å². The Morgan fingerprint density at radius 2 is 2.38 bits per heavy atom. The van der Waals surface area contributed by atoms with Gasteiger partial charge in [-0.25, -0.2) is 10.4 Å². The zero-order valence-corrected chi connectivity index (χ0v) is 5.44. The molecule has 1 rings (SSSR count). The van der Waals surface area contributed by atoms with Gasteiger partial charge in [0.1, 0.15) is 0 Å². The smallest absolute Gasteiger partial charge is 0.0210 e. The molecule has 1 unspecified atom stereocenters. The van der Waals surface area contributed by atoms with E-state index in [1.54, 1.807) is 0 Å². The van der Waals surface area contributed by atoms with Gasteiger partial charge in [0, 0.05) is 19.6 Å². The van der Waals surface area contributed by atoms with E-state index in [9.17, 15) is 0 Å². The van der Waals surface area contributed by atoms with Gasteiger partial charge < -0.3 is 0 Å². The van der Waals surface area contributed by atoms with E-state index in [0.717, 1.165) is 6.54 Å². The summed E-state index contributed by atoms with van der Waals surface area (Å²) in [4.78, 5) is 0. The van der Waals surface area contributed by atoms with Crippen LogP contribution in [0.25, 0.3) is 0 Å². The average molecular weight is 115 g/mol. The lowest BCUT2D eigenvalue weighted by atomic mass is 10.2. The molecule has 48 valence electrons. The summed E-state index contributed by atoms with van der Waals surface area (Å²) in [6.07, 6.45) is 1.23. The third-order valence-electron chi connectivity index (χ3n) is 1.40. The van der Waals surface area contributed by atoms with Crippen molar-refractivity contribution < 1.29 is 0 Å². The molecule has 3 heteroatoms. The van der Waals surface area contributed by atoms with Crippen molar-refractivity contribution in [2.45, 2.75) is 19.4 Å². The third kappa shape index (κ3) is 1.43. The number of hydrazine groups is 2. The van der Waals surface area contributed by atoms with Gasteiger partial charge in [-0.1, -0.05) is 0 Å². The molecule has 1 aliphatic rings. The first kappa shape index (κ1) is 6.01. The fourth-order valence-electron chi connectivity index (χ4n) is 0.736. The molecule has 0 saturated carbocycles. The average Bonchev–Trinajstić information content (AvgIpc) is 1.77. The van der Waals surface area contributed by atoms with E-state index >= 15 is 0 Å². The van der Waals surface area contributed by atoms with E-state index in [0.29, 0.717) is 6.04 Å². The zero-order chi connectivity index (χ0) is 5.98. The second-order valence-corrected chi connectivity index (χ2v) is 2.37. The molecule has 0 aromatic rings. The second kappa shape index (κ2) is 2.44.